The van der Waals surface area contributed by atoms with Crippen LogP contribution in [0.1, 0.15) is 37.6 Å². The molecule has 0 bridgehead atoms. The highest BCUT2D eigenvalue weighted by Gasteiger charge is 2.34. The van der Waals surface area contributed by atoms with E-state index >= 15 is 0 Å². The summed E-state index contributed by atoms with van der Waals surface area (Å²) in [5, 5.41) is 16.4. The summed E-state index contributed by atoms with van der Waals surface area (Å²) in [5.41, 5.74) is 0.460. The van der Waals surface area contributed by atoms with E-state index in [1.807, 2.05) is 20.9 Å². The summed E-state index contributed by atoms with van der Waals surface area (Å²) in [6.07, 6.45) is 3.67. The van der Waals surface area contributed by atoms with Gasteiger partial charge in [0, 0.05) is 25.6 Å². The average molecular weight is 250 g/mol. The van der Waals surface area contributed by atoms with Gasteiger partial charge in [-0.25, -0.2) is 9.97 Å². The smallest absolute Gasteiger partial charge is 0.134 e. The van der Waals surface area contributed by atoms with Gasteiger partial charge in [0.1, 0.15) is 17.5 Å². The molecule has 3 N–H and O–H groups in total. The van der Waals surface area contributed by atoms with Crippen LogP contribution in [-0.2, 0) is 6.42 Å². The molecule has 1 saturated carbocycles. The van der Waals surface area contributed by atoms with Crippen LogP contribution in [0.15, 0.2) is 0 Å². The van der Waals surface area contributed by atoms with Crippen molar-refractivity contribution in [1.82, 2.24) is 9.97 Å². The Labute approximate surface area is 108 Å². The lowest BCUT2D eigenvalue weighted by molar-refractivity contribution is -0.0202. The zero-order chi connectivity index (χ0) is 13.2. The van der Waals surface area contributed by atoms with Gasteiger partial charge in [-0.1, -0.05) is 6.92 Å². The number of hydrogen-bond donors (Lipinski definition) is 3. The van der Waals surface area contributed by atoms with Crippen molar-refractivity contribution in [2.24, 2.45) is 0 Å². The van der Waals surface area contributed by atoms with Crippen molar-refractivity contribution in [3.8, 4) is 0 Å². The molecule has 1 aliphatic carbocycles. The van der Waals surface area contributed by atoms with E-state index in [0.29, 0.717) is 6.54 Å². The van der Waals surface area contributed by atoms with Gasteiger partial charge in [-0.05, 0) is 26.2 Å². The maximum atomic E-state index is 10.1. The maximum absolute atomic E-state index is 10.1. The van der Waals surface area contributed by atoms with E-state index in [0.717, 1.165) is 48.7 Å². The van der Waals surface area contributed by atoms with E-state index in [-0.39, 0.29) is 0 Å². The first-order valence-corrected chi connectivity index (χ1v) is 6.59. The third-order valence-corrected chi connectivity index (χ3v) is 3.61. The van der Waals surface area contributed by atoms with E-state index in [9.17, 15) is 5.11 Å². The molecule has 0 aliphatic heterocycles. The van der Waals surface area contributed by atoms with Crippen molar-refractivity contribution < 1.29 is 5.11 Å². The molecule has 5 heteroatoms. The summed E-state index contributed by atoms with van der Waals surface area (Å²) >= 11 is 0. The first kappa shape index (κ1) is 13.1. The van der Waals surface area contributed by atoms with Crippen LogP contribution in [0.4, 0.5) is 11.6 Å². The molecular formula is C13H22N4O. The predicted octanol–water partition coefficient (Wildman–Crippen LogP) is 1.72. The summed E-state index contributed by atoms with van der Waals surface area (Å²) in [6, 6.07) is 0. The van der Waals surface area contributed by atoms with Gasteiger partial charge in [0.25, 0.3) is 0 Å². The van der Waals surface area contributed by atoms with Crippen molar-refractivity contribution in [3.05, 3.63) is 11.4 Å². The van der Waals surface area contributed by atoms with Crippen molar-refractivity contribution in [3.63, 3.8) is 0 Å². The fourth-order valence-corrected chi connectivity index (χ4v) is 2.15. The Hall–Kier alpha value is -1.36. The van der Waals surface area contributed by atoms with Crippen molar-refractivity contribution >= 4 is 11.6 Å². The second kappa shape index (κ2) is 5.10. The van der Waals surface area contributed by atoms with Crippen LogP contribution in [0.25, 0.3) is 0 Å². The molecule has 100 valence electrons. The van der Waals surface area contributed by atoms with Crippen LogP contribution < -0.4 is 10.6 Å². The Bertz CT molecular complexity index is 429. The van der Waals surface area contributed by atoms with Crippen LogP contribution in [-0.4, -0.2) is 34.3 Å². The van der Waals surface area contributed by atoms with Gasteiger partial charge >= 0.3 is 0 Å². The van der Waals surface area contributed by atoms with E-state index in [1.165, 1.54) is 0 Å². The van der Waals surface area contributed by atoms with Gasteiger partial charge in [-0.3, -0.25) is 0 Å². The van der Waals surface area contributed by atoms with Gasteiger partial charge in [-0.15, -0.1) is 0 Å². The number of aromatic nitrogens is 2. The molecule has 0 amide bonds. The zero-order valence-corrected chi connectivity index (χ0v) is 11.4. The number of aryl methyl sites for hydroxylation is 1. The lowest BCUT2D eigenvalue weighted by Gasteiger charge is -2.36. The lowest BCUT2D eigenvalue weighted by atomic mass is 9.80. The number of aliphatic hydroxyl groups is 1. The Morgan fingerprint density at radius 3 is 2.44 bits per heavy atom. The number of rotatable bonds is 5. The Morgan fingerprint density at radius 2 is 1.94 bits per heavy atom. The molecule has 1 aromatic rings. The Morgan fingerprint density at radius 1 is 1.28 bits per heavy atom. The Balaban J connectivity index is 2.15. The Kier molecular flexibility index (Phi) is 3.71. The van der Waals surface area contributed by atoms with Crippen LogP contribution >= 0.6 is 0 Å². The molecule has 18 heavy (non-hydrogen) atoms. The summed E-state index contributed by atoms with van der Waals surface area (Å²) in [6.45, 7) is 4.59. The molecule has 0 atom stereocenters. The molecule has 0 aromatic carbocycles. The highest BCUT2D eigenvalue weighted by Crippen LogP contribution is 2.32. The minimum Gasteiger partial charge on any atom is -0.388 e. The third kappa shape index (κ3) is 2.56. The van der Waals surface area contributed by atoms with Gasteiger partial charge in [0.05, 0.1) is 5.60 Å². The van der Waals surface area contributed by atoms with Crippen molar-refractivity contribution in [2.75, 3.05) is 24.2 Å². The van der Waals surface area contributed by atoms with Gasteiger partial charge < -0.3 is 15.7 Å². The van der Waals surface area contributed by atoms with E-state index in [4.69, 9.17) is 0 Å². The average Bonchev–Trinajstić information content (AvgIpc) is 2.35. The molecule has 1 aromatic heterocycles. The fraction of sp³-hybridized carbons (Fsp3) is 0.692. The van der Waals surface area contributed by atoms with Crippen LogP contribution in [0, 0.1) is 6.92 Å². The summed E-state index contributed by atoms with van der Waals surface area (Å²) in [4.78, 5) is 8.91. The van der Waals surface area contributed by atoms with E-state index in [2.05, 4.69) is 20.6 Å². The summed E-state index contributed by atoms with van der Waals surface area (Å²) in [5.74, 6) is 2.49. The number of anilines is 2. The van der Waals surface area contributed by atoms with Crippen molar-refractivity contribution in [1.29, 1.82) is 0 Å². The zero-order valence-electron chi connectivity index (χ0n) is 11.4. The molecule has 0 unspecified atom stereocenters. The molecule has 0 spiro atoms. The largest absolute Gasteiger partial charge is 0.388 e. The second-order valence-corrected chi connectivity index (χ2v) is 5.00. The number of nitrogens with one attached hydrogen (secondary N) is 2. The van der Waals surface area contributed by atoms with Gasteiger partial charge in [0.2, 0.25) is 0 Å². The standard InChI is InChI=1S/C13H22N4O/c1-4-10-16-11(14-3)9(2)12(17-10)15-8-13(18)6-5-7-13/h18H,4-8H2,1-3H3,(H2,14,15,16,17). The van der Waals surface area contributed by atoms with E-state index in [1.54, 1.807) is 0 Å². The highest BCUT2D eigenvalue weighted by molar-refractivity contribution is 5.57. The molecule has 0 radical (unpaired) electrons. The van der Waals surface area contributed by atoms with Gasteiger partial charge in [-0.2, -0.15) is 0 Å². The van der Waals surface area contributed by atoms with Crippen molar-refractivity contribution in [2.45, 2.75) is 45.1 Å². The lowest BCUT2D eigenvalue weighted by Crippen LogP contribution is -2.43. The van der Waals surface area contributed by atoms with Crippen LogP contribution in [0.3, 0.4) is 0 Å². The molecule has 1 aliphatic rings. The SMILES string of the molecule is CCc1nc(NC)c(C)c(NCC2(O)CCC2)n1. The van der Waals surface area contributed by atoms with Crippen LogP contribution in [0.5, 0.6) is 0 Å². The predicted molar refractivity (Wildman–Crippen MR) is 73.0 cm³/mol. The molecule has 5 nitrogen and oxygen atoms in total. The molecular weight excluding hydrogens is 228 g/mol. The normalized spacial score (nSPS) is 17.1. The summed E-state index contributed by atoms with van der Waals surface area (Å²) < 4.78 is 0. The molecule has 1 heterocycles. The third-order valence-electron chi connectivity index (χ3n) is 3.61. The topological polar surface area (TPSA) is 70.1 Å². The number of nitrogens with zero attached hydrogens (tertiary/aromatic N) is 2. The maximum Gasteiger partial charge on any atom is 0.134 e. The first-order chi connectivity index (χ1) is 8.58. The summed E-state index contributed by atoms with van der Waals surface area (Å²) in [7, 11) is 1.86. The second-order valence-electron chi connectivity index (χ2n) is 5.00. The quantitative estimate of drug-likeness (QED) is 0.742. The van der Waals surface area contributed by atoms with E-state index < -0.39 is 5.60 Å². The minimum atomic E-state index is -0.538. The molecule has 0 saturated heterocycles. The fourth-order valence-electron chi connectivity index (χ4n) is 2.15. The highest BCUT2D eigenvalue weighted by atomic mass is 16.3. The van der Waals surface area contributed by atoms with Gasteiger partial charge in [0.15, 0.2) is 0 Å². The molecule has 1 fully saturated rings. The van der Waals surface area contributed by atoms with Crippen LogP contribution in [0.2, 0.25) is 0 Å². The number of hydrogen-bond acceptors (Lipinski definition) is 5. The first-order valence-electron chi connectivity index (χ1n) is 6.59. The molecule has 2 rings (SSSR count). The monoisotopic (exact) mass is 250 g/mol. The minimum absolute atomic E-state index is 0.538.